The summed E-state index contributed by atoms with van der Waals surface area (Å²) in [6, 6.07) is 2.43. The molecule has 0 aliphatic carbocycles. The van der Waals surface area contributed by atoms with Crippen LogP contribution in [0.15, 0.2) is 18.3 Å². The minimum Gasteiger partial charge on any atom is -0.417 e. The summed E-state index contributed by atoms with van der Waals surface area (Å²) < 4.78 is 12.0. The van der Waals surface area contributed by atoms with Crippen molar-refractivity contribution >= 4 is 6.29 Å². The fourth-order valence-corrected chi connectivity index (χ4v) is 0.436. The number of nitrogens with zero attached hydrogens (tertiary/aromatic N) is 1. The van der Waals surface area contributed by atoms with Gasteiger partial charge in [0, 0.05) is 6.29 Å². The Morgan fingerprint density at radius 2 is 2.20 bits per heavy atom. The topological polar surface area (TPSA) is 30.0 Å². The van der Waals surface area contributed by atoms with Crippen molar-refractivity contribution in [3.05, 3.63) is 29.8 Å². The standard InChI is InChI=1S/C6H3FNO.K/c7-5-1-2-6(4-9)8-3-5;/h1-3H;/q-1;+1. The summed E-state index contributed by atoms with van der Waals surface area (Å²) in [6.07, 6.45) is 2.50. The summed E-state index contributed by atoms with van der Waals surface area (Å²) in [7, 11) is 0. The number of aromatic nitrogens is 1. The molecule has 0 saturated heterocycles. The molecule has 0 aromatic carbocycles. The van der Waals surface area contributed by atoms with Gasteiger partial charge in [-0.05, 0) is 0 Å². The largest absolute Gasteiger partial charge is 1.00 e. The van der Waals surface area contributed by atoms with Gasteiger partial charge in [-0.25, -0.2) is 4.39 Å². The Morgan fingerprint density at radius 1 is 1.50 bits per heavy atom. The third kappa shape index (κ3) is 2.98. The Balaban J connectivity index is 0.000000810. The second-order valence-corrected chi connectivity index (χ2v) is 1.46. The molecule has 0 amide bonds. The van der Waals surface area contributed by atoms with Crippen LogP contribution in [-0.2, 0) is 4.79 Å². The van der Waals surface area contributed by atoms with Crippen LogP contribution >= 0.6 is 0 Å². The summed E-state index contributed by atoms with van der Waals surface area (Å²) in [6.45, 7) is 0. The van der Waals surface area contributed by atoms with E-state index in [-0.39, 0.29) is 57.1 Å². The zero-order valence-electron chi connectivity index (χ0n) is 5.47. The molecule has 0 N–H and O–H groups in total. The molecular weight excluding hydrogens is 160 g/mol. The summed E-state index contributed by atoms with van der Waals surface area (Å²) in [5, 5.41) is 0. The first-order chi connectivity index (χ1) is 4.33. The number of hydrogen-bond donors (Lipinski definition) is 0. The minimum atomic E-state index is -0.450. The van der Waals surface area contributed by atoms with Crippen LogP contribution in [0.5, 0.6) is 0 Å². The zero-order chi connectivity index (χ0) is 6.69. The van der Waals surface area contributed by atoms with Crippen molar-refractivity contribution in [2.24, 2.45) is 0 Å². The van der Waals surface area contributed by atoms with E-state index in [0.29, 0.717) is 0 Å². The normalized spacial score (nSPS) is 8.10. The van der Waals surface area contributed by atoms with Crippen molar-refractivity contribution in [3.63, 3.8) is 0 Å². The molecule has 1 rings (SSSR count). The van der Waals surface area contributed by atoms with Crippen LogP contribution in [0.4, 0.5) is 4.39 Å². The van der Waals surface area contributed by atoms with Gasteiger partial charge in [0.25, 0.3) is 0 Å². The van der Waals surface area contributed by atoms with Crippen molar-refractivity contribution in [3.8, 4) is 0 Å². The molecule has 0 atom stereocenters. The molecule has 4 heteroatoms. The van der Waals surface area contributed by atoms with Crippen molar-refractivity contribution in [1.29, 1.82) is 0 Å². The van der Waals surface area contributed by atoms with Gasteiger partial charge in [-0.2, -0.15) is 6.07 Å². The van der Waals surface area contributed by atoms with Gasteiger partial charge in [0.05, 0.1) is 6.20 Å². The van der Waals surface area contributed by atoms with Crippen LogP contribution in [0.3, 0.4) is 0 Å². The molecule has 0 spiro atoms. The van der Waals surface area contributed by atoms with E-state index >= 15 is 0 Å². The van der Waals surface area contributed by atoms with Gasteiger partial charge in [-0.15, -0.1) is 6.07 Å². The monoisotopic (exact) mass is 163 g/mol. The third-order valence-corrected chi connectivity index (χ3v) is 0.832. The van der Waals surface area contributed by atoms with Crippen molar-refractivity contribution < 1.29 is 60.6 Å². The molecule has 0 saturated carbocycles. The fraction of sp³-hybridized carbons (Fsp3) is 0. The maximum absolute atomic E-state index is 12.0. The summed E-state index contributed by atoms with van der Waals surface area (Å²) in [4.78, 5) is 13.2. The molecule has 0 fully saturated rings. The van der Waals surface area contributed by atoms with E-state index in [1.165, 1.54) is 12.4 Å². The van der Waals surface area contributed by atoms with E-state index in [0.717, 1.165) is 12.3 Å². The average Bonchev–Trinajstić information content (AvgIpc) is 1.90. The van der Waals surface area contributed by atoms with Crippen LogP contribution in [-0.4, -0.2) is 11.3 Å². The molecule has 0 unspecified atom stereocenters. The van der Waals surface area contributed by atoms with Crippen LogP contribution in [0.2, 0.25) is 0 Å². The average molecular weight is 163 g/mol. The molecule has 46 valence electrons. The maximum atomic E-state index is 12.0. The summed E-state index contributed by atoms with van der Waals surface area (Å²) in [5.74, 6) is -0.450. The maximum Gasteiger partial charge on any atom is 1.00 e. The Labute approximate surface area is 100 Å². The van der Waals surface area contributed by atoms with Crippen molar-refractivity contribution in [2.45, 2.75) is 0 Å². The number of halogens is 1. The van der Waals surface area contributed by atoms with E-state index in [4.69, 9.17) is 0 Å². The van der Waals surface area contributed by atoms with Crippen LogP contribution in [0.1, 0.15) is 5.69 Å². The van der Waals surface area contributed by atoms with Gasteiger partial charge in [0.2, 0.25) is 0 Å². The van der Waals surface area contributed by atoms with Crippen LogP contribution in [0, 0.1) is 5.82 Å². The first kappa shape index (κ1) is 10.4. The number of hydrogen-bond acceptors (Lipinski definition) is 2. The smallest absolute Gasteiger partial charge is 0.417 e. The molecule has 2 nitrogen and oxygen atoms in total. The Bertz CT molecular complexity index is 211. The van der Waals surface area contributed by atoms with Gasteiger partial charge in [0.15, 0.2) is 0 Å². The second-order valence-electron chi connectivity index (χ2n) is 1.46. The Kier molecular flexibility index (Phi) is 5.29. The Hall–Kier alpha value is 0.386. The summed E-state index contributed by atoms with van der Waals surface area (Å²) in [5.41, 5.74) is 0.122. The zero-order valence-corrected chi connectivity index (χ0v) is 8.59. The first-order valence-electron chi connectivity index (χ1n) is 2.32. The molecule has 0 aliphatic rings. The molecule has 10 heavy (non-hydrogen) atoms. The van der Waals surface area contributed by atoms with Crippen molar-refractivity contribution in [2.75, 3.05) is 0 Å². The molecule has 0 bridgehead atoms. The van der Waals surface area contributed by atoms with E-state index < -0.39 is 5.82 Å². The predicted molar refractivity (Wildman–Crippen MR) is 29.0 cm³/mol. The van der Waals surface area contributed by atoms with E-state index in [1.54, 1.807) is 0 Å². The van der Waals surface area contributed by atoms with Crippen molar-refractivity contribution in [1.82, 2.24) is 4.98 Å². The molecular formula is C6H3FKNO. The molecule has 0 aliphatic heterocycles. The van der Waals surface area contributed by atoms with Gasteiger partial charge < -0.3 is 4.79 Å². The second kappa shape index (κ2) is 5.09. The SMILES string of the molecule is O=[C-]c1ccc(F)cn1.[K+]. The van der Waals surface area contributed by atoms with Gasteiger partial charge >= 0.3 is 51.4 Å². The van der Waals surface area contributed by atoms with Crippen LogP contribution < -0.4 is 51.4 Å². The number of carbonyl (C=O) groups excluding carboxylic acids is 1. The molecule has 0 radical (unpaired) electrons. The third-order valence-electron chi connectivity index (χ3n) is 0.832. The minimum absolute atomic E-state index is 0. The molecule has 1 aromatic rings. The summed E-state index contributed by atoms with van der Waals surface area (Å²) >= 11 is 0. The van der Waals surface area contributed by atoms with Crippen LogP contribution in [0.25, 0.3) is 0 Å². The fourth-order valence-electron chi connectivity index (χ4n) is 0.436. The van der Waals surface area contributed by atoms with E-state index in [9.17, 15) is 9.18 Å². The molecule has 1 aromatic heterocycles. The number of pyridine rings is 1. The van der Waals surface area contributed by atoms with Gasteiger partial charge in [-0.1, -0.05) is 5.69 Å². The Morgan fingerprint density at radius 3 is 2.60 bits per heavy atom. The van der Waals surface area contributed by atoms with Gasteiger partial charge in [0.1, 0.15) is 5.82 Å². The molecule has 1 heterocycles. The number of rotatable bonds is 1. The first-order valence-corrected chi connectivity index (χ1v) is 2.32. The van der Waals surface area contributed by atoms with E-state index in [2.05, 4.69) is 4.98 Å². The predicted octanol–water partition coefficient (Wildman–Crippen LogP) is -2.32. The quantitative estimate of drug-likeness (QED) is 0.344. The van der Waals surface area contributed by atoms with E-state index in [1.807, 2.05) is 0 Å². The van der Waals surface area contributed by atoms with Gasteiger partial charge in [-0.3, -0.25) is 4.98 Å².